The van der Waals surface area contributed by atoms with Gasteiger partial charge in [-0.05, 0) is 42.5 Å². The molecular formula is C18H11F4N3O. The summed E-state index contributed by atoms with van der Waals surface area (Å²) < 4.78 is 52.5. The van der Waals surface area contributed by atoms with Gasteiger partial charge in [0.05, 0.1) is 17.6 Å². The topological polar surface area (TPSA) is 54.0 Å². The largest absolute Gasteiger partial charge is 0.352 e. The number of nitrogens with one attached hydrogen (secondary N) is 2. The number of nitrogens with zero attached hydrogens (tertiary/aromatic N) is 1. The Labute approximate surface area is 145 Å². The number of hydrogen-bond acceptors (Lipinski definition) is 3. The second-order valence-corrected chi connectivity index (χ2v) is 5.26. The highest BCUT2D eigenvalue weighted by molar-refractivity contribution is 6.03. The van der Waals surface area contributed by atoms with Crippen LogP contribution in [0.3, 0.4) is 0 Å². The van der Waals surface area contributed by atoms with E-state index >= 15 is 0 Å². The molecule has 0 aliphatic carbocycles. The number of carbonyl (C=O) groups is 1. The number of benzene rings is 2. The number of aromatic nitrogens is 1. The Morgan fingerprint density at radius 1 is 0.846 bits per heavy atom. The summed E-state index contributed by atoms with van der Waals surface area (Å²) in [5, 5.41) is 5.14. The predicted molar refractivity (Wildman–Crippen MR) is 88.2 cm³/mol. The maximum Gasteiger partial charge on any atom is 0.256 e. The molecule has 2 aromatic carbocycles. The molecule has 0 aliphatic heterocycles. The lowest BCUT2D eigenvalue weighted by molar-refractivity contribution is 0.102. The van der Waals surface area contributed by atoms with E-state index in [9.17, 15) is 22.4 Å². The van der Waals surface area contributed by atoms with Crippen LogP contribution >= 0.6 is 0 Å². The average molecular weight is 361 g/mol. The maximum atomic E-state index is 13.6. The van der Waals surface area contributed by atoms with E-state index in [0.29, 0.717) is 5.69 Å². The van der Waals surface area contributed by atoms with E-state index in [1.54, 1.807) is 0 Å². The summed E-state index contributed by atoms with van der Waals surface area (Å²) in [6.45, 7) is 0. The quantitative estimate of drug-likeness (QED) is 0.666. The molecule has 0 bridgehead atoms. The SMILES string of the molecule is O=C(Nc1ccc(Nc2ccc(F)cc2F)cn1)c1ccc(F)c(F)c1. The summed E-state index contributed by atoms with van der Waals surface area (Å²) in [4.78, 5) is 16.0. The van der Waals surface area contributed by atoms with Gasteiger partial charge in [-0.15, -0.1) is 0 Å². The van der Waals surface area contributed by atoms with Crippen LogP contribution in [0.4, 0.5) is 34.8 Å². The molecule has 0 aliphatic rings. The molecule has 1 amide bonds. The van der Waals surface area contributed by atoms with Crippen LogP contribution in [-0.4, -0.2) is 10.9 Å². The molecule has 2 N–H and O–H groups in total. The molecule has 0 saturated heterocycles. The lowest BCUT2D eigenvalue weighted by Gasteiger charge is -2.09. The van der Waals surface area contributed by atoms with Crippen molar-refractivity contribution in [2.45, 2.75) is 0 Å². The molecule has 3 aromatic rings. The number of hydrogen-bond donors (Lipinski definition) is 2. The number of rotatable bonds is 4. The fraction of sp³-hybridized carbons (Fsp3) is 0. The zero-order valence-electron chi connectivity index (χ0n) is 13.1. The summed E-state index contributed by atoms with van der Waals surface area (Å²) in [6.07, 6.45) is 1.32. The second-order valence-electron chi connectivity index (χ2n) is 5.26. The molecule has 132 valence electrons. The third-order valence-electron chi connectivity index (χ3n) is 3.40. The van der Waals surface area contributed by atoms with Gasteiger partial charge in [-0.3, -0.25) is 4.79 Å². The third kappa shape index (κ3) is 3.97. The minimum atomic E-state index is -1.13. The minimum absolute atomic E-state index is 0.0618. The smallest absolute Gasteiger partial charge is 0.256 e. The first-order chi connectivity index (χ1) is 12.4. The molecule has 0 radical (unpaired) electrons. The van der Waals surface area contributed by atoms with E-state index < -0.39 is 29.2 Å². The van der Waals surface area contributed by atoms with E-state index in [1.807, 2.05) is 0 Å². The van der Waals surface area contributed by atoms with Gasteiger partial charge in [0.25, 0.3) is 5.91 Å². The molecule has 0 atom stereocenters. The van der Waals surface area contributed by atoms with Crippen molar-refractivity contribution >= 4 is 23.1 Å². The fourth-order valence-electron chi connectivity index (χ4n) is 2.11. The predicted octanol–water partition coefficient (Wildman–Crippen LogP) is 4.63. The Kier molecular flexibility index (Phi) is 4.83. The van der Waals surface area contributed by atoms with Crippen molar-refractivity contribution in [3.05, 3.63) is 83.6 Å². The van der Waals surface area contributed by atoms with Gasteiger partial charge < -0.3 is 10.6 Å². The highest BCUT2D eigenvalue weighted by Gasteiger charge is 2.11. The first-order valence-electron chi connectivity index (χ1n) is 7.37. The Hall–Kier alpha value is -3.42. The van der Waals surface area contributed by atoms with Crippen molar-refractivity contribution in [1.29, 1.82) is 0 Å². The molecule has 3 rings (SSSR count). The Balaban J connectivity index is 1.69. The second kappa shape index (κ2) is 7.22. The van der Waals surface area contributed by atoms with E-state index in [1.165, 1.54) is 24.4 Å². The van der Waals surface area contributed by atoms with Crippen molar-refractivity contribution in [3.63, 3.8) is 0 Å². The zero-order valence-corrected chi connectivity index (χ0v) is 13.1. The van der Waals surface area contributed by atoms with E-state index in [-0.39, 0.29) is 17.1 Å². The van der Waals surface area contributed by atoms with Gasteiger partial charge in [0.2, 0.25) is 0 Å². The number of carbonyl (C=O) groups excluding carboxylic acids is 1. The van der Waals surface area contributed by atoms with Crippen molar-refractivity contribution in [2.75, 3.05) is 10.6 Å². The summed E-state index contributed by atoms with van der Waals surface area (Å²) in [5.41, 5.74) is 0.398. The lowest BCUT2D eigenvalue weighted by Crippen LogP contribution is -2.13. The molecule has 0 saturated carbocycles. The van der Waals surface area contributed by atoms with Crippen LogP contribution < -0.4 is 10.6 Å². The van der Waals surface area contributed by atoms with Crippen LogP contribution in [-0.2, 0) is 0 Å². The molecule has 4 nitrogen and oxygen atoms in total. The molecule has 26 heavy (non-hydrogen) atoms. The van der Waals surface area contributed by atoms with Gasteiger partial charge in [-0.25, -0.2) is 22.5 Å². The average Bonchev–Trinajstić information content (AvgIpc) is 2.61. The van der Waals surface area contributed by atoms with Crippen LogP contribution in [0.1, 0.15) is 10.4 Å². The van der Waals surface area contributed by atoms with Crippen molar-refractivity contribution in [1.82, 2.24) is 4.98 Å². The fourth-order valence-corrected chi connectivity index (χ4v) is 2.11. The van der Waals surface area contributed by atoms with Crippen molar-refractivity contribution < 1.29 is 22.4 Å². The molecule has 8 heteroatoms. The molecule has 0 unspecified atom stereocenters. The number of amides is 1. The first-order valence-corrected chi connectivity index (χ1v) is 7.37. The Morgan fingerprint density at radius 3 is 2.31 bits per heavy atom. The van der Waals surface area contributed by atoms with E-state index in [0.717, 1.165) is 30.3 Å². The van der Waals surface area contributed by atoms with Crippen LogP contribution in [0.25, 0.3) is 0 Å². The summed E-state index contributed by atoms with van der Waals surface area (Å²) in [7, 11) is 0. The molecule has 0 fully saturated rings. The number of pyridine rings is 1. The number of halogens is 4. The maximum absolute atomic E-state index is 13.6. The van der Waals surface area contributed by atoms with Crippen molar-refractivity contribution in [3.8, 4) is 0 Å². The molecule has 1 heterocycles. The highest BCUT2D eigenvalue weighted by atomic mass is 19.2. The third-order valence-corrected chi connectivity index (χ3v) is 3.40. The van der Waals surface area contributed by atoms with Crippen LogP contribution in [0.15, 0.2) is 54.7 Å². The normalized spacial score (nSPS) is 10.5. The van der Waals surface area contributed by atoms with Gasteiger partial charge in [0.1, 0.15) is 17.5 Å². The van der Waals surface area contributed by atoms with Gasteiger partial charge in [-0.1, -0.05) is 0 Å². The van der Waals surface area contributed by atoms with Gasteiger partial charge in [-0.2, -0.15) is 0 Å². The number of anilines is 3. The minimum Gasteiger partial charge on any atom is -0.352 e. The van der Waals surface area contributed by atoms with Crippen LogP contribution in [0, 0.1) is 23.3 Å². The van der Waals surface area contributed by atoms with Crippen LogP contribution in [0.2, 0.25) is 0 Å². The Bertz CT molecular complexity index is 961. The monoisotopic (exact) mass is 361 g/mol. The summed E-state index contributed by atoms with van der Waals surface area (Å²) >= 11 is 0. The summed E-state index contributed by atoms with van der Waals surface area (Å²) in [5.74, 6) is -4.15. The molecule has 1 aromatic heterocycles. The summed E-state index contributed by atoms with van der Waals surface area (Å²) in [6, 6.07) is 8.80. The van der Waals surface area contributed by atoms with Gasteiger partial charge in [0, 0.05) is 11.6 Å². The lowest BCUT2D eigenvalue weighted by atomic mass is 10.2. The van der Waals surface area contributed by atoms with Gasteiger partial charge >= 0.3 is 0 Å². The zero-order chi connectivity index (χ0) is 18.7. The van der Waals surface area contributed by atoms with Crippen molar-refractivity contribution in [2.24, 2.45) is 0 Å². The molecule has 0 spiro atoms. The van der Waals surface area contributed by atoms with E-state index in [2.05, 4.69) is 15.6 Å². The van der Waals surface area contributed by atoms with Gasteiger partial charge in [0.15, 0.2) is 11.6 Å². The standard InChI is InChI=1S/C18H11F4N3O/c19-11-2-5-16(15(22)8-11)24-12-3-6-17(23-9-12)25-18(26)10-1-4-13(20)14(21)7-10/h1-9,24H,(H,23,25,26). The Morgan fingerprint density at radius 2 is 1.65 bits per heavy atom. The van der Waals surface area contributed by atoms with Crippen LogP contribution in [0.5, 0.6) is 0 Å². The highest BCUT2D eigenvalue weighted by Crippen LogP contribution is 2.21. The van der Waals surface area contributed by atoms with E-state index in [4.69, 9.17) is 0 Å². The molecular weight excluding hydrogens is 350 g/mol. The first kappa shape index (κ1) is 17.4.